The number of rotatable bonds is 4. The van der Waals surface area contributed by atoms with Crippen LogP contribution in [0, 0.1) is 0 Å². The zero-order valence-corrected chi connectivity index (χ0v) is 12.2. The number of hydrogen-bond acceptors (Lipinski definition) is 3. The van der Waals surface area contributed by atoms with Crippen molar-refractivity contribution < 1.29 is 13.5 Å². The van der Waals surface area contributed by atoms with Gasteiger partial charge in [-0.05, 0) is 30.5 Å². The second-order valence-electron chi connectivity index (χ2n) is 5.63. The van der Waals surface area contributed by atoms with Gasteiger partial charge in [-0.25, -0.2) is 0 Å². The van der Waals surface area contributed by atoms with Gasteiger partial charge in [0.05, 0.1) is 17.9 Å². The van der Waals surface area contributed by atoms with E-state index in [1.54, 1.807) is 18.3 Å². The Morgan fingerprint density at radius 1 is 1.18 bits per heavy atom. The first-order valence-corrected chi connectivity index (χ1v) is 7.52. The van der Waals surface area contributed by atoms with Gasteiger partial charge < -0.3 is 10.5 Å². The Morgan fingerprint density at radius 2 is 1.95 bits per heavy atom. The summed E-state index contributed by atoms with van der Waals surface area (Å²) in [5.74, 6) is -0.00193. The lowest BCUT2D eigenvalue weighted by Gasteiger charge is -2.21. The van der Waals surface area contributed by atoms with Crippen LogP contribution in [0.25, 0.3) is 11.1 Å². The minimum atomic E-state index is -2.89. The standard InChI is InChI=1S/C16H19F2N3O/c17-16(18)22-15-8-11(6-7-14(15)19)12-9-20-21(10-12)13-4-2-1-3-5-13/h6-10,13,16H,1-5,19H2. The van der Waals surface area contributed by atoms with Crippen LogP contribution in [0.5, 0.6) is 5.75 Å². The Labute approximate surface area is 127 Å². The van der Waals surface area contributed by atoms with Crippen LogP contribution in [0.1, 0.15) is 38.1 Å². The maximum atomic E-state index is 12.4. The SMILES string of the molecule is Nc1ccc(-c2cnn(C3CCCCC3)c2)cc1OC(F)F. The monoisotopic (exact) mass is 307 g/mol. The van der Waals surface area contributed by atoms with Crippen LogP contribution in [-0.4, -0.2) is 16.4 Å². The summed E-state index contributed by atoms with van der Waals surface area (Å²) in [6.45, 7) is -2.89. The van der Waals surface area contributed by atoms with Gasteiger partial charge in [-0.1, -0.05) is 25.3 Å². The Hall–Kier alpha value is -2.11. The van der Waals surface area contributed by atoms with Gasteiger partial charge in [0, 0.05) is 11.8 Å². The highest BCUT2D eigenvalue weighted by molar-refractivity contribution is 5.68. The number of nitrogens with zero attached hydrogens (tertiary/aromatic N) is 2. The quantitative estimate of drug-likeness (QED) is 0.860. The van der Waals surface area contributed by atoms with E-state index in [0.717, 1.165) is 24.0 Å². The third kappa shape index (κ3) is 3.21. The Morgan fingerprint density at radius 3 is 2.68 bits per heavy atom. The van der Waals surface area contributed by atoms with E-state index < -0.39 is 6.61 Å². The zero-order valence-electron chi connectivity index (χ0n) is 12.2. The molecule has 0 radical (unpaired) electrons. The number of halogens is 2. The second-order valence-corrected chi connectivity index (χ2v) is 5.63. The fourth-order valence-electron chi connectivity index (χ4n) is 2.94. The summed E-state index contributed by atoms with van der Waals surface area (Å²) >= 11 is 0. The van der Waals surface area contributed by atoms with E-state index in [4.69, 9.17) is 5.73 Å². The van der Waals surface area contributed by atoms with Crippen LogP contribution in [0.2, 0.25) is 0 Å². The Bertz CT molecular complexity index is 636. The van der Waals surface area contributed by atoms with Gasteiger partial charge in [-0.2, -0.15) is 13.9 Å². The normalized spacial score (nSPS) is 16.1. The minimum absolute atomic E-state index is 0.00193. The highest BCUT2D eigenvalue weighted by atomic mass is 19.3. The fourth-order valence-corrected chi connectivity index (χ4v) is 2.94. The average Bonchev–Trinajstić information content (AvgIpc) is 3.00. The van der Waals surface area contributed by atoms with Crippen LogP contribution < -0.4 is 10.5 Å². The molecule has 0 atom stereocenters. The van der Waals surface area contributed by atoms with E-state index in [9.17, 15) is 8.78 Å². The summed E-state index contributed by atoms with van der Waals surface area (Å²) in [6.07, 6.45) is 9.75. The van der Waals surface area contributed by atoms with E-state index in [1.165, 1.54) is 25.3 Å². The molecule has 0 saturated heterocycles. The van der Waals surface area contributed by atoms with E-state index in [1.807, 2.05) is 10.9 Å². The van der Waals surface area contributed by atoms with Gasteiger partial charge in [0.15, 0.2) is 0 Å². The lowest BCUT2D eigenvalue weighted by molar-refractivity contribution is -0.0492. The number of hydrogen-bond donors (Lipinski definition) is 1. The molecule has 0 unspecified atom stereocenters. The van der Waals surface area contributed by atoms with E-state index in [2.05, 4.69) is 9.84 Å². The lowest BCUT2D eigenvalue weighted by atomic mass is 9.96. The van der Waals surface area contributed by atoms with Gasteiger partial charge in [0.25, 0.3) is 0 Å². The number of nitrogens with two attached hydrogens (primary N) is 1. The highest BCUT2D eigenvalue weighted by Crippen LogP contribution is 2.32. The first kappa shape index (κ1) is 14.8. The molecule has 2 aromatic rings. The molecule has 3 rings (SSSR count). The van der Waals surface area contributed by atoms with Gasteiger partial charge in [-0.15, -0.1) is 0 Å². The molecule has 118 valence electrons. The van der Waals surface area contributed by atoms with E-state index in [-0.39, 0.29) is 11.4 Å². The average molecular weight is 307 g/mol. The van der Waals surface area contributed by atoms with Gasteiger partial charge in [-0.3, -0.25) is 4.68 Å². The smallest absolute Gasteiger partial charge is 0.387 e. The van der Waals surface area contributed by atoms with Crippen molar-refractivity contribution >= 4 is 5.69 Å². The molecule has 22 heavy (non-hydrogen) atoms. The van der Waals surface area contributed by atoms with E-state index in [0.29, 0.717) is 6.04 Å². The van der Waals surface area contributed by atoms with Crippen LogP contribution in [-0.2, 0) is 0 Å². The second kappa shape index (κ2) is 6.34. The lowest BCUT2D eigenvalue weighted by Crippen LogP contribution is -2.12. The Balaban J connectivity index is 1.83. The van der Waals surface area contributed by atoms with Crippen LogP contribution in [0.15, 0.2) is 30.6 Å². The molecule has 1 saturated carbocycles. The maximum absolute atomic E-state index is 12.4. The number of anilines is 1. The molecule has 1 heterocycles. The predicted octanol–water partition coefficient (Wildman–Crippen LogP) is 4.24. The third-order valence-corrected chi connectivity index (χ3v) is 4.11. The summed E-state index contributed by atoms with van der Waals surface area (Å²) in [6, 6.07) is 5.33. The van der Waals surface area contributed by atoms with Crippen molar-refractivity contribution in [2.45, 2.75) is 44.8 Å². The van der Waals surface area contributed by atoms with Crippen molar-refractivity contribution in [3.8, 4) is 16.9 Å². The van der Waals surface area contributed by atoms with Crippen molar-refractivity contribution in [2.75, 3.05) is 5.73 Å². The molecule has 0 amide bonds. The molecule has 1 aromatic heterocycles. The van der Waals surface area contributed by atoms with Crippen molar-refractivity contribution in [1.29, 1.82) is 0 Å². The van der Waals surface area contributed by atoms with Crippen molar-refractivity contribution in [3.63, 3.8) is 0 Å². The number of alkyl halides is 2. The Kier molecular flexibility index (Phi) is 4.27. The zero-order chi connectivity index (χ0) is 15.5. The summed E-state index contributed by atoms with van der Waals surface area (Å²) in [4.78, 5) is 0. The van der Waals surface area contributed by atoms with Crippen molar-refractivity contribution in [2.24, 2.45) is 0 Å². The first-order chi connectivity index (χ1) is 10.6. The molecule has 1 aromatic carbocycles. The largest absolute Gasteiger partial charge is 0.433 e. The summed E-state index contributed by atoms with van der Waals surface area (Å²) in [7, 11) is 0. The first-order valence-electron chi connectivity index (χ1n) is 7.52. The van der Waals surface area contributed by atoms with Gasteiger partial charge in [0.2, 0.25) is 0 Å². The maximum Gasteiger partial charge on any atom is 0.387 e. The van der Waals surface area contributed by atoms with E-state index >= 15 is 0 Å². The molecule has 4 nitrogen and oxygen atoms in total. The molecule has 2 N–H and O–H groups in total. The molecule has 1 fully saturated rings. The molecular formula is C16H19F2N3O. The van der Waals surface area contributed by atoms with Gasteiger partial charge in [0.1, 0.15) is 5.75 Å². The van der Waals surface area contributed by atoms with Crippen LogP contribution in [0.4, 0.5) is 14.5 Å². The minimum Gasteiger partial charge on any atom is -0.433 e. The molecule has 0 aliphatic heterocycles. The molecule has 0 spiro atoms. The molecule has 1 aliphatic carbocycles. The highest BCUT2D eigenvalue weighted by Gasteiger charge is 2.17. The number of nitrogen functional groups attached to an aromatic ring is 1. The molecule has 0 bridgehead atoms. The summed E-state index contributed by atoms with van der Waals surface area (Å²) < 4.78 is 31.2. The molecule has 6 heteroatoms. The van der Waals surface area contributed by atoms with Gasteiger partial charge >= 0.3 is 6.61 Å². The number of benzene rings is 1. The number of ether oxygens (including phenoxy) is 1. The summed E-state index contributed by atoms with van der Waals surface area (Å²) in [5.41, 5.74) is 7.51. The topological polar surface area (TPSA) is 53.1 Å². The van der Waals surface area contributed by atoms with Crippen molar-refractivity contribution in [1.82, 2.24) is 9.78 Å². The molecule has 1 aliphatic rings. The number of aromatic nitrogens is 2. The van der Waals surface area contributed by atoms with Crippen LogP contribution in [0.3, 0.4) is 0 Å². The fraction of sp³-hybridized carbons (Fsp3) is 0.438. The predicted molar refractivity (Wildman–Crippen MR) is 80.8 cm³/mol. The van der Waals surface area contributed by atoms with Crippen molar-refractivity contribution in [3.05, 3.63) is 30.6 Å². The molecular weight excluding hydrogens is 288 g/mol. The summed E-state index contributed by atoms with van der Waals surface area (Å²) in [5, 5.41) is 4.43. The van der Waals surface area contributed by atoms with Crippen LogP contribution >= 0.6 is 0 Å². The third-order valence-electron chi connectivity index (χ3n) is 4.11.